The van der Waals surface area contributed by atoms with Crippen molar-refractivity contribution < 1.29 is 14.6 Å². The van der Waals surface area contributed by atoms with Crippen molar-refractivity contribution in [3.05, 3.63) is 29.8 Å². The lowest BCUT2D eigenvalue weighted by Crippen LogP contribution is -2.26. The summed E-state index contributed by atoms with van der Waals surface area (Å²) in [7, 11) is 0. The Labute approximate surface area is 91.6 Å². The van der Waals surface area contributed by atoms with Crippen molar-refractivity contribution in [2.75, 3.05) is 6.26 Å². The molecule has 1 aromatic carbocycles. The number of benzene rings is 1. The Morgan fingerprint density at radius 2 is 2.07 bits per heavy atom. The minimum absolute atomic E-state index is 0.582. The molecule has 1 aliphatic rings. The third-order valence-electron chi connectivity index (χ3n) is 2.23. The summed E-state index contributed by atoms with van der Waals surface area (Å²) in [5.41, 5.74) is 0.790. The van der Waals surface area contributed by atoms with Gasteiger partial charge in [-0.25, -0.2) is 4.79 Å². The van der Waals surface area contributed by atoms with E-state index in [2.05, 4.69) is 5.32 Å². The van der Waals surface area contributed by atoms with Crippen LogP contribution < -0.4 is 5.32 Å². The van der Waals surface area contributed by atoms with Crippen LogP contribution in [0.5, 0.6) is 0 Å². The van der Waals surface area contributed by atoms with E-state index >= 15 is 0 Å². The zero-order valence-electron chi connectivity index (χ0n) is 8.14. The molecule has 2 rings (SSSR count). The van der Waals surface area contributed by atoms with E-state index in [-0.39, 0.29) is 0 Å². The Hall–Kier alpha value is -1.20. The van der Waals surface area contributed by atoms with E-state index in [9.17, 15) is 9.90 Å². The molecular formula is C10H11NO3S. The van der Waals surface area contributed by atoms with Crippen LogP contribution in [0.4, 0.5) is 4.79 Å². The molecule has 1 aliphatic heterocycles. The highest BCUT2D eigenvalue weighted by atomic mass is 32.2. The fourth-order valence-electron chi connectivity index (χ4n) is 1.45. The quantitative estimate of drug-likeness (QED) is 0.749. The van der Waals surface area contributed by atoms with Gasteiger partial charge < -0.3 is 9.84 Å². The van der Waals surface area contributed by atoms with E-state index in [1.807, 2.05) is 30.5 Å². The van der Waals surface area contributed by atoms with Crippen LogP contribution in [0.25, 0.3) is 0 Å². The van der Waals surface area contributed by atoms with Crippen molar-refractivity contribution in [2.24, 2.45) is 0 Å². The summed E-state index contributed by atoms with van der Waals surface area (Å²) >= 11 is 1.64. The molecule has 15 heavy (non-hydrogen) atoms. The van der Waals surface area contributed by atoms with Gasteiger partial charge in [-0.1, -0.05) is 12.1 Å². The Balaban J connectivity index is 2.19. The zero-order chi connectivity index (χ0) is 10.8. The van der Waals surface area contributed by atoms with Gasteiger partial charge in [0.2, 0.25) is 0 Å². The summed E-state index contributed by atoms with van der Waals surface area (Å²) in [5, 5.41) is 11.8. The molecular weight excluding hydrogens is 214 g/mol. The number of hydrogen-bond acceptors (Lipinski definition) is 4. The molecule has 80 valence electrons. The average Bonchev–Trinajstić information content (AvgIpc) is 2.58. The molecule has 2 atom stereocenters. The molecule has 0 spiro atoms. The number of cyclic esters (lactones) is 1. The maximum atomic E-state index is 10.9. The maximum absolute atomic E-state index is 10.9. The van der Waals surface area contributed by atoms with E-state index in [1.54, 1.807) is 11.8 Å². The number of ether oxygens (including phenoxy) is 1. The van der Waals surface area contributed by atoms with Crippen molar-refractivity contribution in [2.45, 2.75) is 17.2 Å². The molecule has 1 fully saturated rings. The smallest absolute Gasteiger partial charge is 0.410 e. The van der Waals surface area contributed by atoms with E-state index < -0.39 is 18.4 Å². The third kappa shape index (κ3) is 2.08. The van der Waals surface area contributed by atoms with Crippen LogP contribution in [0.15, 0.2) is 29.2 Å². The number of carbonyl (C=O) groups excluding carboxylic acids is 1. The topological polar surface area (TPSA) is 58.6 Å². The van der Waals surface area contributed by atoms with Crippen molar-refractivity contribution in [3.8, 4) is 0 Å². The van der Waals surface area contributed by atoms with Gasteiger partial charge in [0.05, 0.1) is 0 Å². The Kier molecular flexibility index (Phi) is 2.83. The van der Waals surface area contributed by atoms with E-state index in [1.165, 1.54) is 0 Å². The maximum Gasteiger partial charge on any atom is 0.410 e. The molecule has 0 bridgehead atoms. The minimum atomic E-state index is -0.961. The second kappa shape index (κ2) is 4.12. The van der Waals surface area contributed by atoms with E-state index in [4.69, 9.17) is 4.74 Å². The fraction of sp³-hybridized carbons (Fsp3) is 0.300. The molecule has 2 N–H and O–H groups in total. The number of rotatable bonds is 2. The number of aliphatic hydroxyl groups excluding tert-OH is 1. The van der Waals surface area contributed by atoms with Gasteiger partial charge in [0.1, 0.15) is 0 Å². The Morgan fingerprint density at radius 1 is 1.40 bits per heavy atom. The molecule has 2 unspecified atom stereocenters. The molecule has 1 saturated heterocycles. The highest BCUT2D eigenvalue weighted by Crippen LogP contribution is 2.26. The van der Waals surface area contributed by atoms with Crippen LogP contribution in [-0.2, 0) is 4.74 Å². The van der Waals surface area contributed by atoms with Crippen molar-refractivity contribution in [1.82, 2.24) is 5.32 Å². The summed E-state index contributed by atoms with van der Waals surface area (Å²) in [6.07, 6.45) is -0.159. The number of aliphatic hydroxyl groups is 1. The summed E-state index contributed by atoms with van der Waals surface area (Å²) in [6.45, 7) is 0. The van der Waals surface area contributed by atoms with Crippen molar-refractivity contribution in [3.63, 3.8) is 0 Å². The Bertz CT molecular complexity index is 365. The van der Waals surface area contributed by atoms with Gasteiger partial charge >= 0.3 is 6.09 Å². The van der Waals surface area contributed by atoms with Crippen molar-refractivity contribution >= 4 is 17.9 Å². The molecule has 5 heteroatoms. The first-order chi connectivity index (χ1) is 7.20. The molecule has 0 radical (unpaired) electrons. The monoisotopic (exact) mass is 225 g/mol. The molecule has 0 aliphatic carbocycles. The van der Waals surface area contributed by atoms with E-state index in [0.29, 0.717) is 0 Å². The van der Waals surface area contributed by atoms with Gasteiger partial charge in [-0.2, -0.15) is 0 Å². The van der Waals surface area contributed by atoms with Crippen LogP contribution in [0.2, 0.25) is 0 Å². The highest BCUT2D eigenvalue weighted by Gasteiger charge is 2.33. The number of amides is 1. The third-order valence-corrected chi connectivity index (χ3v) is 2.97. The number of hydrogen-bond donors (Lipinski definition) is 2. The van der Waals surface area contributed by atoms with Gasteiger partial charge in [-0.15, -0.1) is 11.8 Å². The van der Waals surface area contributed by atoms with Gasteiger partial charge in [-0.3, -0.25) is 5.32 Å². The summed E-state index contributed by atoms with van der Waals surface area (Å²) in [5.74, 6) is 0. The Morgan fingerprint density at radius 3 is 2.53 bits per heavy atom. The number of nitrogens with one attached hydrogen (secondary N) is 1. The summed E-state index contributed by atoms with van der Waals surface area (Å²) < 4.78 is 4.93. The average molecular weight is 225 g/mol. The molecule has 1 aromatic rings. The minimum Gasteiger partial charge on any atom is -0.436 e. The van der Waals surface area contributed by atoms with Gasteiger partial charge in [0, 0.05) is 4.90 Å². The molecule has 4 nitrogen and oxygen atoms in total. The van der Waals surface area contributed by atoms with Crippen LogP contribution in [0.3, 0.4) is 0 Å². The number of alkyl carbamates (subject to hydrolysis) is 1. The standard InChI is InChI=1S/C10H11NO3S/c1-15-7-4-2-6(3-5-7)8-9(12)11-10(13)14-8/h2-5,8-9,12H,1H3,(H,11,13). The second-order valence-electron chi connectivity index (χ2n) is 3.19. The van der Waals surface area contributed by atoms with E-state index in [0.717, 1.165) is 10.5 Å². The molecule has 0 saturated carbocycles. The van der Waals surface area contributed by atoms with Gasteiger partial charge in [0.15, 0.2) is 12.3 Å². The van der Waals surface area contributed by atoms with Crippen LogP contribution in [0.1, 0.15) is 11.7 Å². The van der Waals surface area contributed by atoms with Gasteiger partial charge in [0.25, 0.3) is 0 Å². The first-order valence-electron chi connectivity index (χ1n) is 4.50. The lowest BCUT2D eigenvalue weighted by atomic mass is 10.1. The largest absolute Gasteiger partial charge is 0.436 e. The lowest BCUT2D eigenvalue weighted by molar-refractivity contribution is 0.0563. The SMILES string of the molecule is CSc1ccc(C2OC(=O)NC2O)cc1. The highest BCUT2D eigenvalue weighted by molar-refractivity contribution is 7.98. The number of carbonyl (C=O) groups is 1. The summed E-state index contributed by atoms with van der Waals surface area (Å²) in [4.78, 5) is 12.0. The second-order valence-corrected chi connectivity index (χ2v) is 4.07. The molecule has 0 aromatic heterocycles. The van der Waals surface area contributed by atoms with Gasteiger partial charge in [-0.05, 0) is 24.0 Å². The lowest BCUT2D eigenvalue weighted by Gasteiger charge is -2.12. The van der Waals surface area contributed by atoms with Crippen LogP contribution in [0, 0.1) is 0 Å². The first kappa shape index (κ1) is 10.3. The molecule has 1 heterocycles. The fourth-order valence-corrected chi connectivity index (χ4v) is 1.86. The van der Waals surface area contributed by atoms with Crippen molar-refractivity contribution in [1.29, 1.82) is 0 Å². The van der Waals surface area contributed by atoms with Crippen LogP contribution in [-0.4, -0.2) is 23.7 Å². The molecule has 1 amide bonds. The summed E-state index contributed by atoms with van der Waals surface area (Å²) in [6, 6.07) is 7.55. The normalized spacial score (nSPS) is 24.8. The predicted molar refractivity (Wildman–Crippen MR) is 56.6 cm³/mol. The zero-order valence-corrected chi connectivity index (χ0v) is 8.95. The predicted octanol–water partition coefficient (Wildman–Crippen LogP) is 1.51. The number of thioether (sulfide) groups is 1. The van der Waals surface area contributed by atoms with Crippen LogP contribution >= 0.6 is 11.8 Å². The first-order valence-corrected chi connectivity index (χ1v) is 5.72.